The number of amides is 1. The Hall–Kier alpha value is -3.06. The average molecular weight is 410 g/mol. The molecule has 2 aromatic rings. The van der Waals surface area contributed by atoms with Crippen LogP contribution in [-0.4, -0.2) is 59.9 Å². The van der Waals surface area contributed by atoms with Gasteiger partial charge in [0.05, 0.1) is 11.8 Å². The maximum atomic E-state index is 12.9. The molecule has 7 heteroatoms. The molecule has 1 amide bonds. The predicted octanol–water partition coefficient (Wildman–Crippen LogP) is 2.98. The molecule has 0 bridgehead atoms. The van der Waals surface area contributed by atoms with Gasteiger partial charge in [-0.1, -0.05) is 0 Å². The summed E-state index contributed by atoms with van der Waals surface area (Å²) >= 11 is 0. The van der Waals surface area contributed by atoms with Gasteiger partial charge in [-0.2, -0.15) is 0 Å². The maximum absolute atomic E-state index is 12.9. The first-order valence-corrected chi connectivity index (χ1v) is 10.1. The Morgan fingerprint density at radius 1 is 1.27 bits per heavy atom. The summed E-state index contributed by atoms with van der Waals surface area (Å²) in [5.41, 5.74) is 1.53. The van der Waals surface area contributed by atoms with Gasteiger partial charge in [0.25, 0.3) is 11.7 Å². The van der Waals surface area contributed by atoms with Crippen LogP contribution in [0.25, 0.3) is 5.76 Å². The van der Waals surface area contributed by atoms with Crippen molar-refractivity contribution in [2.45, 2.75) is 31.9 Å². The lowest BCUT2D eigenvalue weighted by atomic mass is 9.97. The number of benzene rings is 1. The minimum Gasteiger partial charge on any atom is -0.507 e. The minimum absolute atomic E-state index is 0.0618. The summed E-state index contributed by atoms with van der Waals surface area (Å²) in [6.45, 7) is 3.15. The third-order valence-electron chi connectivity index (χ3n) is 5.53. The first kappa shape index (κ1) is 20.2. The van der Waals surface area contributed by atoms with E-state index in [2.05, 4.69) is 0 Å². The summed E-state index contributed by atoms with van der Waals surface area (Å²) in [6, 6.07) is 8.02. The molecule has 3 heterocycles. The van der Waals surface area contributed by atoms with Gasteiger partial charge in [0.15, 0.2) is 0 Å². The minimum atomic E-state index is -0.745. The fourth-order valence-electron chi connectivity index (χ4n) is 4.14. The number of hydrogen-bond donors (Lipinski definition) is 1. The highest BCUT2D eigenvalue weighted by Crippen LogP contribution is 2.40. The van der Waals surface area contributed by atoms with E-state index in [0.29, 0.717) is 24.3 Å². The highest BCUT2D eigenvalue weighted by atomic mass is 16.5. The molecule has 30 heavy (non-hydrogen) atoms. The fourth-order valence-corrected chi connectivity index (χ4v) is 4.14. The zero-order valence-corrected chi connectivity index (χ0v) is 17.4. The second kappa shape index (κ2) is 7.99. The van der Waals surface area contributed by atoms with Crippen LogP contribution in [0.2, 0.25) is 0 Å². The van der Waals surface area contributed by atoms with E-state index in [1.54, 1.807) is 24.3 Å². The first-order valence-electron chi connectivity index (χ1n) is 10.1. The molecular formula is C23H26N2O5. The first-order chi connectivity index (χ1) is 14.4. The Bertz CT molecular complexity index is 993. The third-order valence-corrected chi connectivity index (χ3v) is 5.53. The summed E-state index contributed by atoms with van der Waals surface area (Å²) in [7, 11) is 3.91. The van der Waals surface area contributed by atoms with Gasteiger partial charge in [0.1, 0.15) is 29.4 Å². The van der Waals surface area contributed by atoms with Crippen LogP contribution >= 0.6 is 0 Å². The second-order valence-electron chi connectivity index (χ2n) is 8.12. The molecule has 4 rings (SSSR count). The summed E-state index contributed by atoms with van der Waals surface area (Å²) in [5, 5.41) is 11.1. The van der Waals surface area contributed by atoms with Crippen molar-refractivity contribution < 1.29 is 23.8 Å². The number of fused-ring (bicyclic) bond motifs is 1. The van der Waals surface area contributed by atoms with Gasteiger partial charge in [-0.05, 0) is 69.9 Å². The van der Waals surface area contributed by atoms with E-state index in [4.69, 9.17) is 9.15 Å². The van der Waals surface area contributed by atoms with E-state index in [-0.39, 0.29) is 17.4 Å². The molecule has 158 valence electrons. The number of carbonyl (C=O) groups excluding carboxylic acids is 2. The van der Waals surface area contributed by atoms with Gasteiger partial charge in [0, 0.05) is 18.5 Å². The Morgan fingerprint density at radius 2 is 2.07 bits per heavy atom. The monoisotopic (exact) mass is 410 g/mol. The highest BCUT2D eigenvalue weighted by Gasteiger charge is 2.47. The number of furan rings is 1. The molecule has 0 spiro atoms. The Kier molecular flexibility index (Phi) is 5.39. The van der Waals surface area contributed by atoms with Crippen LogP contribution in [0.5, 0.6) is 5.75 Å². The standard InChI is InChI=1S/C23H26N2O5/c1-14-12-16-13-15(7-8-17(16)30-14)21(26)19-20(18-6-4-11-29-18)25(23(28)22(19)27)10-5-9-24(2)3/h4,6-8,11,13-14,20,26H,5,9-10,12H2,1-3H3. The van der Waals surface area contributed by atoms with Gasteiger partial charge < -0.3 is 24.1 Å². The van der Waals surface area contributed by atoms with Crippen molar-refractivity contribution in [3.05, 3.63) is 59.1 Å². The van der Waals surface area contributed by atoms with Crippen LogP contribution in [0.1, 0.15) is 36.3 Å². The van der Waals surface area contributed by atoms with Crippen LogP contribution in [0.4, 0.5) is 0 Å². The second-order valence-corrected chi connectivity index (χ2v) is 8.12. The van der Waals surface area contributed by atoms with Crippen molar-refractivity contribution in [2.75, 3.05) is 27.2 Å². The smallest absolute Gasteiger partial charge is 0.295 e. The van der Waals surface area contributed by atoms with Crippen LogP contribution in [0, 0.1) is 0 Å². The van der Waals surface area contributed by atoms with Crippen molar-refractivity contribution in [3.8, 4) is 5.75 Å². The zero-order valence-electron chi connectivity index (χ0n) is 17.4. The van der Waals surface area contributed by atoms with Gasteiger partial charge in [0.2, 0.25) is 0 Å². The van der Waals surface area contributed by atoms with E-state index in [9.17, 15) is 14.7 Å². The fraction of sp³-hybridized carbons (Fsp3) is 0.391. The molecule has 0 aliphatic carbocycles. The number of carbonyl (C=O) groups is 2. The molecule has 1 saturated heterocycles. The molecular weight excluding hydrogens is 384 g/mol. The van der Waals surface area contributed by atoms with E-state index in [1.807, 2.05) is 32.0 Å². The molecule has 1 aromatic carbocycles. The molecule has 2 atom stereocenters. The number of ether oxygens (including phenoxy) is 1. The summed E-state index contributed by atoms with van der Waals surface area (Å²) < 4.78 is 11.3. The number of likely N-dealkylation sites (tertiary alicyclic amines) is 1. The molecule has 0 saturated carbocycles. The molecule has 1 fully saturated rings. The van der Waals surface area contributed by atoms with Crippen molar-refractivity contribution in [2.24, 2.45) is 0 Å². The molecule has 7 nitrogen and oxygen atoms in total. The number of hydrogen-bond acceptors (Lipinski definition) is 6. The van der Waals surface area contributed by atoms with Gasteiger partial charge in [-0.3, -0.25) is 9.59 Å². The lowest BCUT2D eigenvalue weighted by Gasteiger charge is -2.24. The lowest BCUT2D eigenvalue weighted by Crippen LogP contribution is -2.32. The van der Waals surface area contributed by atoms with Gasteiger partial charge in [-0.15, -0.1) is 0 Å². The number of Topliss-reactive ketones (excluding diaryl/α,β-unsaturated/α-hetero) is 1. The predicted molar refractivity (Wildman–Crippen MR) is 111 cm³/mol. The maximum Gasteiger partial charge on any atom is 0.295 e. The Labute approximate surface area is 175 Å². The summed E-state index contributed by atoms with van der Waals surface area (Å²) in [4.78, 5) is 29.3. The lowest BCUT2D eigenvalue weighted by molar-refractivity contribution is -0.140. The van der Waals surface area contributed by atoms with E-state index < -0.39 is 17.7 Å². The van der Waals surface area contributed by atoms with E-state index in [0.717, 1.165) is 24.3 Å². The SMILES string of the molecule is CC1Cc2cc(C(O)=C3C(=O)C(=O)N(CCCN(C)C)C3c3ccco3)ccc2O1. The third kappa shape index (κ3) is 3.61. The van der Waals surface area contributed by atoms with Crippen LogP contribution in [0.3, 0.4) is 0 Å². The quantitative estimate of drug-likeness (QED) is 0.448. The number of nitrogens with zero attached hydrogens (tertiary/aromatic N) is 2. The van der Waals surface area contributed by atoms with Crippen molar-refractivity contribution >= 4 is 17.4 Å². The van der Waals surface area contributed by atoms with Crippen molar-refractivity contribution in [3.63, 3.8) is 0 Å². The molecule has 1 aromatic heterocycles. The number of ketones is 1. The molecule has 1 N–H and O–H groups in total. The van der Waals surface area contributed by atoms with E-state index >= 15 is 0 Å². The number of rotatable bonds is 6. The number of aliphatic hydroxyl groups excluding tert-OH is 1. The van der Waals surface area contributed by atoms with Crippen LogP contribution in [-0.2, 0) is 16.0 Å². The van der Waals surface area contributed by atoms with Crippen LogP contribution < -0.4 is 4.74 Å². The summed E-state index contributed by atoms with van der Waals surface area (Å²) in [6.07, 6.45) is 3.01. The van der Waals surface area contributed by atoms with Gasteiger partial charge in [-0.25, -0.2) is 0 Å². The molecule has 2 unspecified atom stereocenters. The van der Waals surface area contributed by atoms with Crippen LogP contribution in [0.15, 0.2) is 46.6 Å². The zero-order chi connectivity index (χ0) is 21.4. The normalized spacial score (nSPS) is 22.6. The largest absolute Gasteiger partial charge is 0.507 e. The van der Waals surface area contributed by atoms with Gasteiger partial charge >= 0.3 is 0 Å². The average Bonchev–Trinajstić information content (AvgIpc) is 3.40. The Morgan fingerprint density at radius 3 is 2.77 bits per heavy atom. The van der Waals surface area contributed by atoms with Crippen molar-refractivity contribution in [1.82, 2.24) is 9.80 Å². The molecule has 2 aliphatic heterocycles. The number of aliphatic hydroxyl groups is 1. The molecule has 0 radical (unpaired) electrons. The highest BCUT2D eigenvalue weighted by molar-refractivity contribution is 6.46. The van der Waals surface area contributed by atoms with Crippen molar-refractivity contribution in [1.29, 1.82) is 0 Å². The summed E-state index contributed by atoms with van der Waals surface area (Å²) in [5.74, 6) is -0.254. The molecule has 2 aliphatic rings. The van der Waals surface area contributed by atoms with E-state index in [1.165, 1.54) is 11.2 Å². The Balaban J connectivity index is 1.74. The topological polar surface area (TPSA) is 83.2 Å².